The normalized spacial score (nSPS) is 14.3. The van der Waals surface area contributed by atoms with E-state index in [1.807, 2.05) is 0 Å². The Balaban J connectivity index is 3.90. The van der Waals surface area contributed by atoms with Crippen molar-refractivity contribution in [3.8, 4) is 0 Å². The fourth-order valence-corrected chi connectivity index (χ4v) is 14.6. The Bertz CT molecular complexity index is 457. The van der Waals surface area contributed by atoms with Crippen LogP contribution in [0.1, 0.15) is 13.8 Å². The van der Waals surface area contributed by atoms with E-state index in [1.165, 1.54) is 0 Å². The number of hydrogen-bond donors (Lipinski definition) is 0. The molecule has 0 saturated carbocycles. The Hall–Kier alpha value is 0.0738. The van der Waals surface area contributed by atoms with E-state index in [4.69, 9.17) is 42.0 Å². The molecular weight excluding hydrogens is 512 g/mol. The average molecular weight is 571 g/mol. The van der Waals surface area contributed by atoms with Crippen LogP contribution in [0.15, 0.2) is 0 Å². The summed E-state index contributed by atoms with van der Waals surface area (Å²) in [5.74, 6) is 0.935. The minimum absolute atomic E-state index is 0.468. The van der Waals surface area contributed by atoms with Gasteiger partial charge in [0, 0.05) is 27.4 Å². The summed E-state index contributed by atoms with van der Waals surface area (Å²) >= 11 is 0. The van der Waals surface area contributed by atoms with Crippen molar-refractivity contribution in [3.63, 3.8) is 0 Å². The Kier molecular flexibility index (Phi) is 24.0. The smallest absolute Gasteiger partial charge is 0.173 e. The van der Waals surface area contributed by atoms with E-state index in [0.29, 0.717) is 91.1 Å². The quantitative estimate of drug-likeness (QED) is 0.102. The molecule has 37 heavy (non-hydrogen) atoms. The highest BCUT2D eigenvalue weighted by Crippen LogP contribution is 2.27. The molecule has 0 aromatic carbocycles. The van der Waals surface area contributed by atoms with E-state index in [0.717, 1.165) is 25.3 Å². The molecule has 0 aromatic rings. The Labute approximate surface area is 229 Å². The molecule has 0 heterocycles. The van der Waals surface area contributed by atoms with E-state index in [1.54, 1.807) is 14.2 Å². The maximum Gasteiger partial charge on any atom is 0.173 e. The predicted octanol–water partition coefficient (Wildman–Crippen LogP) is 4.08. The van der Waals surface area contributed by atoms with E-state index in [-0.39, 0.29) is 0 Å². The molecule has 9 nitrogen and oxygen atoms in total. The monoisotopic (exact) mass is 570 g/mol. The molecule has 0 aliphatic carbocycles. The third-order valence-corrected chi connectivity index (χ3v) is 13.2. The third kappa shape index (κ3) is 26.1. The van der Waals surface area contributed by atoms with Gasteiger partial charge in [-0.2, -0.15) is 0 Å². The summed E-state index contributed by atoms with van der Waals surface area (Å²) in [6.45, 7) is 22.5. The summed E-state index contributed by atoms with van der Waals surface area (Å²) in [5.41, 5.74) is 0. The van der Waals surface area contributed by atoms with Crippen molar-refractivity contribution in [2.75, 3.05) is 107 Å². The van der Waals surface area contributed by atoms with Crippen molar-refractivity contribution in [1.82, 2.24) is 0 Å². The van der Waals surface area contributed by atoms with Crippen LogP contribution in [-0.4, -0.2) is 123 Å². The summed E-state index contributed by atoms with van der Waals surface area (Å²) in [6, 6.07) is 2.18. The van der Waals surface area contributed by atoms with Gasteiger partial charge in [-0.25, -0.2) is 0 Å². The lowest BCUT2D eigenvalue weighted by Gasteiger charge is -2.36. The molecule has 0 spiro atoms. The first kappa shape index (κ1) is 37.1. The Morgan fingerprint density at radius 1 is 0.432 bits per heavy atom. The minimum Gasteiger partial charge on any atom is -0.455 e. The zero-order valence-electron chi connectivity index (χ0n) is 25.1. The fraction of sp³-hybridized carbons (Fsp3) is 1.00. The second-order valence-corrected chi connectivity index (χ2v) is 19.5. The first-order chi connectivity index (χ1) is 17.6. The minimum atomic E-state index is -1.79. The van der Waals surface area contributed by atoms with Gasteiger partial charge in [0.1, 0.15) is 0 Å². The average Bonchev–Trinajstić information content (AvgIpc) is 2.80. The molecular formula is C26H58O9Si2. The van der Waals surface area contributed by atoms with Crippen molar-refractivity contribution in [3.05, 3.63) is 0 Å². The number of methoxy groups -OCH3 is 2. The molecule has 0 radical (unpaired) electrons. The summed E-state index contributed by atoms with van der Waals surface area (Å²) in [7, 11) is -0.246. The number of rotatable bonds is 28. The second kappa shape index (κ2) is 23.9. The molecule has 0 aromatic heterocycles. The largest absolute Gasteiger partial charge is 0.455 e. The Morgan fingerprint density at radius 3 is 1.00 bits per heavy atom. The molecule has 0 rings (SSSR count). The van der Waals surface area contributed by atoms with Gasteiger partial charge in [-0.05, 0) is 50.1 Å². The van der Waals surface area contributed by atoms with E-state index in [9.17, 15) is 0 Å². The highest BCUT2D eigenvalue weighted by Gasteiger charge is 2.35. The number of hydrogen-bond acceptors (Lipinski definition) is 9. The maximum absolute atomic E-state index is 6.84. The second-order valence-electron chi connectivity index (χ2n) is 10.8. The van der Waals surface area contributed by atoms with Crippen molar-refractivity contribution in [2.45, 2.75) is 52.1 Å². The molecule has 0 N–H and O–H groups in total. The van der Waals surface area contributed by atoms with Crippen LogP contribution in [0.4, 0.5) is 0 Å². The number of ether oxygens (including phenoxy) is 8. The zero-order chi connectivity index (χ0) is 27.8. The van der Waals surface area contributed by atoms with Gasteiger partial charge in [0.15, 0.2) is 16.6 Å². The van der Waals surface area contributed by atoms with E-state index in [2.05, 4.69) is 40.0 Å². The highest BCUT2D eigenvalue weighted by molar-refractivity contribution is 6.84. The fourth-order valence-electron chi connectivity index (χ4n) is 4.36. The van der Waals surface area contributed by atoms with Gasteiger partial charge < -0.3 is 42.0 Å². The first-order valence-electron chi connectivity index (χ1n) is 13.8. The van der Waals surface area contributed by atoms with Crippen LogP contribution < -0.4 is 0 Å². The van der Waals surface area contributed by atoms with Crippen LogP contribution in [0.3, 0.4) is 0 Å². The van der Waals surface area contributed by atoms with Crippen LogP contribution in [0.5, 0.6) is 0 Å². The molecule has 2 atom stereocenters. The van der Waals surface area contributed by atoms with Crippen molar-refractivity contribution in [1.29, 1.82) is 0 Å². The van der Waals surface area contributed by atoms with Crippen molar-refractivity contribution < 1.29 is 42.0 Å². The molecule has 0 fully saturated rings. The lowest BCUT2D eigenvalue weighted by molar-refractivity contribution is -0.0000323. The molecule has 11 heteroatoms. The molecule has 0 amide bonds. The highest BCUT2D eigenvalue weighted by atomic mass is 28.4. The molecule has 0 aliphatic heterocycles. The van der Waals surface area contributed by atoms with Crippen LogP contribution in [-0.2, 0) is 42.0 Å². The summed E-state index contributed by atoms with van der Waals surface area (Å²) in [5, 5.41) is 0. The third-order valence-electron chi connectivity index (χ3n) is 5.39. The van der Waals surface area contributed by atoms with Crippen molar-refractivity contribution >= 4 is 16.6 Å². The molecule has 2 unspecified atom stereocenters. The van der Waals surface area contributed by atoms with Gasteiger partial charge in [-0.3, -0.25) is 0 Å². The van der Waals surface area contributed by atoms with Crippen LogP contribution in [0.25, 0.3) is 0 Å². The van der Waals surface area contributed by atoms with Gasteiger partial charge >= 0.3 is 0 Å². The molecule has 0 aliphatic rings. The van der Waals surface area contributed by atoms with E-state index >= 15 is 0 Å². The molecule has 224 valence electrons. The predicted molar refractivity (Wildman–Crippen MR) is 153 cm³/mol. The van der Waals surface area contributed by atoms with Gasteiger partial charge in [0.25, 0.3) is 0 Å². The molecule has 0 saturated heterocycles. The maximum atomic E-state index is 6.84. The SMILES string of the molecule is COCCOCCOCCOCC(C)C[Si](C)(C)O[Si](C)(C)CC(C)COCCOCCOCCOC. The lowest BCUT2D eigenvalue weighted by Crippen LogP contribution is -2.46. The van der Waals surface area contributed by atoms with Crippen LogP contribution >= 0.6 is 0 Å². The van der Waals surface area contributed by atoms with Gasteiger partial charge in [-0.15, -0.1) is 0 Å². The van der Waals surface area contributed by atoms with Crippen LogP contribution in [0.2, 0.25) is 38.3 Å². The van der Waals surface area contributed by atoms with Gasteiger partial charge in [0.05, 0.1) is 79.3 Å². The van der Waals surface area contributed by atoms with E-state index < -0.39 is 16.6 Å². The summed E-state index contributed by atoms with van der Waals surface area (Å²) in [6.07, 6.45) is 0. The van der Waals surface area contributed by atoms with Gasteiger partial charge in [0.2, 0.25) is 0 Å². The standard InChI is InChI=1S/C26H58O9Si2/c1-25(21-33-19-17-31-15-13-29-11-9-27-3)23-36(5,6)35-37(7,8)24-26(2)22-34-20-18-32-16-14-30-12-10-28-4/h25-26H,9-24H2,1-8H3. The first-order valence-corrected chi connectivity index (χ1v) is 20.0. The zero-order valence-corrected chi connectivity index (χ0v) is 27.1. The lowest BCUT2D eigenvalue weighted by atomic mass is 10.2. The summed E-state index contributed by atoms with van der Waals surface area (Å²) < 4.78 is 50.2. The topological polar surface area (TPSA) is 83.1 Å². The molecule has 0 bridgehead atoms. The van der Waals surface area contributed by atoms with Crippen LogP contribution in [0, 0.1) is 11.8 Å². The summed E-state index contributed by atoms with van der Waals surface area (Å²) in [4.78, 5) is 0. The van der Waals surface area contributed by atoms with Crippen molar-refractivity contribution in [2.24, 2.45) is 11.8 Å². The van der Waals surface area contributed by atoms with Gasteiger partial charge in [-0.1, -0.05) is 13.8 Å². The Morgan fingerprint density at radius 2 is 0.703 bits per heavy atom.